The molecule has 2 rings (SSSR count). The predicted molar refractivity (Wildman–Crippen MR) is 99.3 cm³/mol. The monoisotopic (exact) mass is 370 g/mol. The van der Waals surface area contributed by atoms with Crippen molar-refractivity contribution < 1.29 is 19.1 Å². The molecule has 2 aromatic carbocycles. The van der Waals surface area contributed by atoms with Crippen LogP contribution in [0.5, 0.6) is 0 Å². The molecule has 1 unspecified atom stereocenters. The second kappa shape index (κ2) is 9.93. The second-order valence-corrected chi connectivity index (χ2v) is 5.64. The quantitative estimate of drug-likeness (QED) is 0.579. The lowest BCUT2D eigenvalue weighted by Gasteiger charge is -2.19. The molecule has 2 aromatic rings. The Balaban J connectivity index is 2.04. The minimum atomic E-state index is -0.939. The fourth-order valence-electron chi connectivity index (χ4n) is 2.21. The third kappa shape index (κ3) is 6.12. The topological polar surface area (TPSA) is 109 Å². The van der Waals surface area contributed by atoms with E-state index in [0.717, 1.165) is 5.56 Å². The molecule has 0 saturated carbocycles. The molecule has 0 aliphatic heterocycles. The molecule has 0 aliphatic carbocycles. The van der Waals surface area contributed by atoms with Crippen LogP contribution in [-0.2, 0) is 9.53 Å². The number of benzene rings is 2. The standard InChI is InChI=1S/C19H22N4O4/c1-3-27-19(26)23-20-16(14-11-9-13(2)10-12-14)18(25)22-21-17(24)15-7-5-4-6-8-15/h4-12,16,20H,3H2,1-2H3,(H,21,24)(H,22,25)(H,23,26). The van der Waals surface area contributed by atoms with E-state index in [0.29, 0.717) is 11.1 Å². The molecule has 0 aromatic heterocycles. The van der Waals surface area contributed by atoms with Gasteiger partial charge in [-0.05, 0) is 31.5 Å². The summed E-state index contributed by atoms with van der Waals surface area (Å²) in [5.74, 6) is -1.01. The lowest BCUT2D eigenvalue weighted by atomic mass is 10.1. The summed E-state index contributed by atoms with van der Waals surface area (Å²) in [6.07, 6.45) is -0.712. The Labute approximate surface area is 157 Å². The van der Waals surface area contributed by atoms with Crippen molar-refractivity contribution in [3.8, 4) is 0 Å². The summed E-state index contributed by atoms with van der Waals surface area (Å²) in [5, 5.41) is 0. The highest BCUT2D eigenvalue weighted by Crippen LogP contribution is 2.13. The third-order valence-corrected chi connectivity index (χ3v) is 3.60. The van der Waals surface area contributed by atoms with Gasteiger partial charge in [0.05, 0.1) is 6.61 Å². The Morgan fingerprint density at radius 3 is 2.22 bits per heavy atom. The first-order valence-corrected chi connectivity index (χ1v) is 8.41. The van der Waals surface area contributed by atoms with Crippen LogP contribution < -0.4 is 21.7 Å². The smallest absolute Gasteiger partial charge is 0.421 e. The summed E-state index contributed by atoms with van der Waals surface area (Å²) in [5.41, 5.74) is 11.7. The molecule has 3 amide bonds. The van der Waals surface area contributed by atoms with Crippen molar-refractivity contribution >= 4 is 17.9 Å². The van der Waals surface area contributed by atoms with E-state index in [4.69, 9.17) is 4.74 Å². The zero-order valence-electron chi connectivity index (χ0n) is 15.1. The van der Waals surface area contributed by atoms with E-state index in [1.165, 1.54) is 0 Å². The van der Waals surface area contributed by atoms with Crippen molar-refractivity contribution in [2.24, 2.45) is 0 Å². The zero-order valence-corrected chi connectivity index (χ0v) is 15.1. The van der Waals surface area contributed by atoms with E-state index in [2.05, 4.69) is 21.7 Å². The highest BCUT2D eigenvalue weighted by molar-refractivity contribution is 5.96. The van der Waals surface area contributed by atoms with Crippen LogP contribution in [0.1, 0.15) is 34.5 Å². The van der Waals surface area contributed by atoms with Crippen LogP contribution in [0.2, 0.25) is 0 Å². The molecule has 0 heterocycles. The van der Waals surface area contributed by atoms with Gasteiger partial charge in [0.1, 0.15) is 6.04 Å². The number of carbonyl (C=O) groups is 3. The van der Waals surface area contributed by atoms with E-state index in [1.54, 1.807) is 49.4 Å². The molecular formula is C19H22N4O4. The number of hydrazine groups is 2. The lowest BCUT2D eigenvalue weighted by molar-refractivity contribution is -0.124. The van der Waals surface area contributed by atoms with Crippen LogP contribution in [0.4, 0.5) is 4.79 Å². The van der Waals surface area contributed by atoms with Gasteiger partial charge in [0, 0.05) is 5.56 Å². The second-order valence-electron chi connectivity index (χ2n) is 5.64. The SMILES string of the molecule is CCOC(=O)NNC(C(=O)NNC(=O)c1ccccc1)c1ccc(C)cc1. The molecule has 27 heavy (non-hydrogen) atoms. The van der Waals surface area contributed by atoms with E-state index in [1.807, 2.05) is 19.1 Å². The number of carbonyl (C=O) groups excluding carboxylic acids is 3. The fourth-order valence-corrected chi connectivity index (χ4v) is 2.21. The minimum absolute atomic E-state index is 0.196. The Kier molecular flexibility index (Phi) is 7.33. The first kappa shape index (κ1) is 19.9. The van der Waals surface area contributed by atoms with E-state index >= 15 is 0 Å². The van der Waals surface area contributed by atoms with E-state index in [-0.39, 0.29) is 6.61 Å². The van der Waals surface area contributed by atoms with Gasteiger partial charge < -0.3 is 4.74 Å². The number of ether oxygens (including phenoxy) is 1. The Morgan fingerprint density at radius 1 is 0.926 bits per heavy atom. The van der Waals surface area contributed by atoms with Crippen LogP contribution in [-0.4, -0.2) is 24.5 Å². The van der Waals surface area contributed by atoms with Crippen LogP contribution >= 0.6 is 0 Å². The van der Waals surface area contributed by atoms with Gasteiger partial charge in [-0.1, -0.05) is 48.0 Å². The number of hydrogen-bond donors (Lipinski definition) is 4. The van der Waals surface area contributed by atoms with E-state index in [9.17, 15) is 14.4 Å². The maximum atomic E-state index is 12.6. The van der Waals surface area contributed by atoms with Gasteiger partial charge in [-0.25, -0.2) is 10.2 Å². The van der Waals surface area contributed by atoms with Gasteiger partial charge in [-0.15, -0.1) is 0 Å². The molecule has 4 N–H and O–H groups in total. The normalized spacial score (nSPS) is 11.2. The largest absolute Gasteiger partial charge is 0.449 e. The van der Waals surface area contributed by atoms with Crippen molar-refractivity contribution in [3.05, 3.63) is 71.3 Å². The van der Waals surface area contributed by atoms with E-state index < -0.39 is 23.9 Å². The van der Waals surface area contributed by atoms with Gasteiger partial charge in [0.2, 0.25) is 0 Å². The molecule has 0 aliphatic rings. The lowest BCUT2D eigenvalue weighted by Crippen LogP contribution is -2.51. The number of hydrogen-bond acceptors (Lipinski definition) is 5. The fraction of sp³-hybridized carbons (Fsp3) is 0.211. The maximum Gasteiger partial charge on any atom is 0.421 e. The van der Waals surface area contributed by atoms with Crippen LogP contribution in [0.15, 0.2) is 54.6 Å². The van der Waals surface area contributed by atoms with Gasteiger partial charge in [-0.2, -0.15) is 0 Å². The summed E-state index contributed by atoms with van der Waals surface area (Å²) in [7, 11) is 0. The van der Waals surface area contributed by atoms with Crippen LogP contribution in [0, 0.1) is 6.92 Å². The van der Waals surface area contributed by atoms with Crippen LogP contribution in [0.3, 0.4) is 0 Å². The van der Waals surface area contributed by atoms with Crippen molar-refractivity contribution in [3.63, 3.8) is 0 Å². The molecule has 1 atom stereocenters. The van der Waals surface area contributed by atoms with Gasteiger partial charge in [0.15, 0.2) is 0 Å². The van der Waals surface area contributed by atoms with Crippen molar-refractivity contribution in [2.75, 3.05) is 6.61 Å². The van der Waals surface area contributed by atoms with Gasteiger partial charge in [0.25, 0.3) is 11.8 Å². The summed E-state index contributed by atoms with van der Waals surface area (Å²) in [6, 6.07) is 14.7. The highest BCUT2D eigenvalue weighted by Gasteiger charge is 2.22. The average molecular weight is 370 g/mol. The Morgan fingerprint density at radius 2 is 1.59 bits per heavy atom. The van der Waals surface area contributed by atoms with Crippen molar-refractivity contribution in [2.45, 2.75) is 19.9 Å². The molecule has 0 saturated heterocycles. The summed E-state index contributed by atoms with van der Waals surface area (Å²) in [4.78, 5) is 36.1. The molecule has 0 radical (unpaired) electrons. The number of aryl methyl sites for hydroxylation is 1. The predicted octanol–water partition coefficient (Wildman–Crippen LogP) is 1.75. The average Bonchev–Trinajstić information content (AvgIpc) is 2.68. The molecule has 8 heteroatoms. The molecule has 8 nitrogen and oxygen atoms in total. The molecule has 0 bridgehead atoms. The molecular weight excluding hydrogens is 348 g/mol. The first-order chi connectivity index (χ1) is 13.0. The minimum Gasteiger partial charge on any atom is -0.449 e. The van der Waals surface area contributed by atoms with Crippen LogP contribution in [0.25, 0.3) is 0 Å². The maximum absolute atomic E-state index is 12.6. The first-order valence-electron chi connectivity index (χ1n) is 8.41. The highest BCUT2D eigenvalue weighted by atomic mass is 16.5. The summed E-state index contributed by atoms with van der Waals surface area (Å²) >= 11 is 0. The number of rotatable bonds is 6. The third-order valence-electron chi connectivity index (χ3n) is 3.60. The van der Waals surface area contributed by atoms with Crippen molar-refractivity contribution in [1.29, 1.82) is 0 Å². The molecule has 142 valence electrons. The molecule has 0 fully saturated rings. The molecule has 0 spiro atoms. The van der Waals surface area contributed by atoms with Crippen molar-refractivity contribution in [1.82, 2.24) is 21.7 Å². The Bertz CT molecular complexity index is 778. The van der Waals surface area contributed by atoms with Gasteiger partial charge >= 0.3 is 6.09 Å². The Hall–Kier alpha value is -3.39. The van der Waals surface area contributed by atoms with Gasteiger partial charge in [-0.3, -0.25) is 25.9 Å². The zero-order chi connectivity index (χ0) is 19.6. The summed E-state index contributed by atoms with van der Waals surface area (Å²) in [6.45, 7) is 3.79. The summed E-state index contributed by atoms with van der Waals surface area (Å²) < 4.78 is 4.77. The number of amides is 3. The number of nitrogens with one attached hydrogen (secondary N) is 4.